The zero-order valence-corrected chi connectivity index (χ0v) is 15.2. The van der Waals surface area contributed by atoms with E-state index >= 15 is 0 Å². The van der Waals surface area contributed by atoms with Crippen molar-refractivity contribution in [3.63, 3.8) is 0 Å². The van der Waals surface area contributed by atoms with Crippen molar-refractivity contribution in [3.05, 3.63) is 59.7 Å². The Balaban J connectivity index is 2.16. The lowest BCUT2D eigenvalue weighted by molar-refractivity contribution is 0.0695. The predicted molar refractivity (Wildman–Crippen MR) is 99.9 cm³/mol. The number of nitrogens with one attached hydrogen (secondary N) is 1. The largest absolute Gasteiger partial charge is 0.384 e. The molecule has 1 aromatic carbocycles. The fraction of sp³-hybridized carbons (Fsp3) is 0.211. The zero-order chi connectivity index (χ0) is 19.8. The second kappa shape index (κ2) is 6.81. The number of aliphatic hydroxyl groups is 1. The minimum atomic E-state index is -1.40. The first-order valence-electron chi connectivity index (χ1n) is 8.28. The van der Waals surface area contributed by atoms with Crippen molar-refractivity contribution < 1.29 is 14.3 Å². The number of benzene rings is 1. The summed E-state index contributed by atoms with van der Waals surface area (Å²) in [4.78, 5) is 15.5. The first kappa shape index (κ1) is 18.5. The van der Waals surface area contributed by atoms with Gasteiger partial charge in [-0.05, 0) is 39.0 Å². The number of pyridine rings is 1. The van der Waals surface area contributed by atoms with Crippen molar-refractivity contribution in [2.24, 2.45) is 5.73 Å². The number of nitrogens with two attached hydrogens (primary N) is 1. The number of hydrogen-bond donors (Lipinski definition) is 3. The number of amides is 2. The Morgan fingerprint density at radius 1 is 1.30 bits per heavy atom. The predicted octanol–water partition coefficient (Wildman–Crippen LogP) is 3.10. The molecule has 3 aromatic rings. The fourth-order valence-corrected chi connectivity index (χ4v) is 2.81. The van der Waals surface area contributed by atoms with Crippen LogP contribution in [-0.2, 0) is 5.60 Å². The van der Waals surface area contributed by atoms with Gasteiger partial charge in [0.2, 0.25) is 0 Å². The molecular formula is C19H20FN5O2. The molecule has 8 heteroatoms. The molecule has 0 unspecified atom stereocenters. The maximum Gasteiger partial charge on any atom is 0.317 e. The quantitative estimate of drug-likeness (QED) is 0.657. The summed E-state index contributed by atoms with van der Waals surface area (Å²) in [5.74, 6) is -0.256. The molecule has 27 heavy (non-hydrogen) atoms. The van der Waals surface area contributed by atoms with Crippen LogP contribution in [0.2, 0.25) is 0 Å². The third-order valence-electron chi connectivity index (χ3n) is 4.06. The number of hydrogen-bond acceptors (Lipinski definition) is 4. The molecule has 0 aliphatic carbocycles. The Morgan fingerprint density at radius 2 is 1.96 bits per heavy atom. The number of primary amides is 1. The third kappa shape index (κ3) is 3.65. The van der Waals surface area contributed by atoms with Crippen molar-refractivity contribution in [2.45, 2.75) is 26.4 Å². The molecule has 4 N–H and O–H groups in total. The molecule has 0 saturated heterocycles. The van der Waals surface area contributed by atoms with Crippen LogP contribution < -0.4 is 11.1 Å². The lowest BCUT2D eigenvalue weighted by Crippen LogP contribution is -2.21. The number of anilines is 1. The molecule has 0 saturated carbocycles. The standard InChI is InChI=1S/C19H20FN5O2/c1-11-15(12-9-14(20)16(22-10-12)19(2,3)27)24-25(17(11)23-18(21)26)13-7-5-4-6-8-13/h4-10,27H,1-3H3,(H3,21,23,26). The van der Waals surface area contributed by atoms with Gasteiger partial charge in [0.25, 0.3) is 0 Å². The lowest BCUT2D eigenvalue weighted by atomic mass is 10.0. The van der Waals surface area contributed by atoms with E-state index in [1.165, 1.54) is 30.8 Å². The normalized spacial score (nSPS) is 11.4. The Morgan fingerprint density at radius 3 is 2.52 bits per heavy atom. The van der Waals surface area contributed by atoms with Gasteiger partial charge < -0.3 is 10.8 Å². The van der Waals surface area contributed by atoms with Crippen molar-refractivity contribution >= 4 is 11.8 Å². The molecule has 7 nitrogen and oxygen atoms in total. The van der Waals surface area contributed by atoms with Gasteiger partial charge in [-0.25, -0.2) is 13.9 Å². The molecule has 0 atom stereocenters. The first-order chi connectivity index (χ1) is 12.7. The van der Waals surface area contributed by atoms with Crippen LogP contribution in [0.3, 0.4) is 0 Å². The van der Waals surface area contributed by atoms with Crippen LogP contribution in [-0.4, -0.2) is 25.9 Å². The van der Waals surface area contributed by atoms with E-state index in [9.17, 15) is 14.3 Å². The Bertz CT molecular complexity index is 993. The number of carbonyl (C=O) groups excluding carboxylic acids is 1. The summed E-state index contributed by atoms with van der Waals surface area (Å²) in [5.41, 5.74) is 6.00. The third-order valence-corrected chi connectivity index (χ3v) is 4.06. The molecule has 0 aliphatic rings. The summed E-state index contributed by atoms with van der Waals surface area (Å²) < 4.78 is 16.0. The van der Waals surface area contributed by atoms with Crippen LogP contribution in [0.5, 0.6) is 0 Å². The van der Waals surface area contributed by atoms with Gasteiger partial charge in [0.1, 0.15) is 22.9 Å². The number of aromatic nitrogens is 3. The smallest absolute Gasteiger partial charge is 0.317 e. The van der Waals surface area contributed by atoms with Gasteiger partial charge in [-0.15, -0.1) is 0 Å². The monoisotopic (exact) mass is 369 g/mol. The molecular weight excluding hydrogens is 349 g/mol. The number of rotatable bonds is 4. The van der Waals surface area contributed by atoms with Gasteiger partial charge >= 0.3 is 6.03 Å². The summed E-state index contributed by atoms with van der Waals surface area (Å²) in [6.07, 6.45) is 1.44. The Hall–Kier alpha value is -3.26. The highest BCUT2D eigenvalue weighted by Crippen LogP contribution is 2.32. The van der Waals surface area contributed by atoms with E-state index in [1.807, 2.05) is 30.3 Å². The summed E-state index contributed by atoms with van der Waals surface area (Å²) in [6.45, 7) is 4.67. The summed E-state index contributed by atoms with van der Waals surface area (Å²) in [7, 11) is 0. The molecule has 3 rings (SSSR count). The van der Waals surface area contributed by atoms with Crippen LogP contribution in [0.15, 0.2) is 42.6 Å². The Labute approximate surface area is 155 Å². The highest BCUT2D eigenvalue weighted by atomic mass is 19.1. The maximum atomic E-state index is 14.5. The molecule has 0 bridgehead atoms. The van der Waals surface area contributed by atoms with Gasteiger partial charge in [-0.3, -0.25) is 10.3 Å². The van der Waals surface area contributed by atoms with E-state index in [-0.39, 0.29) is 5.69 Å². The lowest BCUT2D eigenvalue weighted by Gasteiger charge is -2.17. The van der Waals surface area contributed by atoms with Crippen molar-refractivity contribution in [1.82, 2.24) is 14.8 Å². The average molecular weight is 369 g/mol. The van der Waals surface area contributed by atoms with Crippen LogP contribution in [0.1, 0.15) is 25.1 Å². The van der Waals surface area contributed by atoms with E-state index in [4.69, 9.17) is 5.73 Å². The maximum absolute atomic E-state index is 14.5. The molecule has 140 valence electrons. The van der Waals surface area contributed by atoms with Crippen LogP contribution in [0, 0.1) is 12.7 Å². The molecule has 2 amide bonds. The van der Waals surface area contributed by atoms with Crippen molar-refractivity contribution in [2.75, 3.05) is 5.32 Å². The zero-order valence-electron chi connectivity index (χ0n) is 15.2. The van der Waals surface area contributed by atoms with E-state index in [2.05, 4.69) is 15.4 Å². The number of carbonyl (C=O) groups is 1. The molecule has 0 aliphatic heterocycles. The van der Waals surface area contributed by atoms with Crippen LogP contribution in [0.25, 0.3) is 16.9 Å². The summed E-state index contributed by atoms with van der Waals surface area (Å²) in [6, 6.07) is 9.69. The highest BCUT2D eigenvalue weighted by Gasteiger charge is 2.24. The second-order valence-corrected chi connectivity index (χ2v) is 6.67. The molecule has 0 spiro atoms. The van der Waals surface area contributed by atoms with Gasteiger partial charge in [-0.2, -0.15) is 5.10 Å². The van der Waals surface area contributed by atoms with E-state index in [0.29, 0.717) is 28.3 Å². The van der Waals surface area contributed by atoms with Crippen LogP contribution in [0.4, 0.5) is 15.0 Å². The number of urea groups is 1. The minimum Gasteiger partial charge on any atom is -0.384 e. The molecule has 2 aromatic heterocycles. The van der Waals surface area contributed by atoms with E-state index in [1.54, 1.807) is 6.92 Å². The Kier molecular flexibility index (Phi) is 4.67. The van der Waals surface area contributed by atoms with Crippen LogP contribution >= 0.6 is 0 Å². The minimum absolute atomic E-state index is 0.0538. The summed E-state index contributed by atoms with van der Waals surface area (Å²) >= 11 is 0. The fourth-order valence-electron chi connectivity index (χ4n) is 2.81. The van der Waals surface area contributed by atoms with Gasteiger partial charge in [0.05, 0.1) is 11.4 Å². The number of para-hydroxylation sites is 1. The topological polar surface area (TPSA) is 106 Å². The van der Waals surface area contributed by atoms with Crippen molar-refractivity contribution in [3.8, 4) is 16.9 Å². The highest BCUT2D eigenvalue weighted by molar-refractivity contribution is 5.89. The van der Waals surface area contributed by atoms with Crippen molar-refractivity contribution in [1.29, 1.82) is 0 Å². The number of halogens is 1. The van der Waals surface area contributed by atoms with E-state index < -0.39 is 17.4 Å². The van der Waals surface area contributed by atoms with Gasteiger partial charge in [0, 0.05) is 17.3 Å². The average Bonchev–Trinajstić information content (AvgIpc) is 2.91. The van der Waals surface area contributed by atoms with E-state index in [0.717, 1.165) is 0 Å². The molecule has 2 heterocycles. The van der Waals surface area contributed by atoms with Gasteiger partial charge in [0.15, 0.2) is 0 Å². The molecule has 0 radical (unpaired) electrons. The molecule has 0 fully saturated rings. The summed E-state index contributed by atoms with van der Waals surface area (Å²) in [5, 5.41) is 17.1. The SMILES string of the molecule is Cc1c(-c2cnc(C(C)(C)O)c(F)c2)nn(-c2ccccc2)c1NC(N)=O. The second-order valence-electron chi connectivity index (χ2n) is 6.67. The first-order valence-corrected chi connectivity index (χ1v) is 8.28. The number of nitrogens with zero attached hydrogens (tertiary/aromatic N) is 3. The van der Waals surface area contributed by atoms with Gasteiger partial charge in [-0.1, -0.05) is 18.2 Å².